The maximum atomic E-state index is 12.6. The number of carbonyl (C=O) groups excluding carboxylic acids is 1. The van der Waals surface area contributed by atoms with Crippen LogP contribution in [-0.4, -0.2) is 56.8 Å². The topological polar surface area (TPSA) is 124 Å². The van der Waals surface area contributed by atoms with E-state index in [1.165, 1.54) is 0 Å². The van der Waals surface area contributed by atoms with Gasteiger partial charge in [-0.1, -0.05) is 45.4 Å². The van der Waals surface area contributed by atoms with Crippen molar-refractivity contribution in [2.75, 3.05) is 0 Å². The van der Waals surface area contributed by atoms with Crippen molar-refractivity contribution in [1.82, 2.24) is 0 Å². The maximum absolute atomic E-state index is 12.6. The molecule has 0 aromatic heterocycles. The first-order valence-corrected chi connectivity index (χ1v) is 11.5. The highest BCUT2D eigenvalue weighted by Crippen LogP contribution is 2.44. The van der Waals surface area contributed by atoms with Crippen LogP contribution in [0.25, 0.3) is 0 Å². The highest BCUT2D eigenvalue weighted by atomic mass is 16.5. The zero-order chi connectivity index (χ0) is 23.1. The SMILES string of the molecule is CCC[C@H](C)C(=O)O[C@H]1C[C@H](O)C=C2C=C[C@H](C)[C@H](CC[C@H](O)C[C@@H](O)CC(=O)O)[C@H]21. The number of carboxylic acid groups (broad SMARTS) is 1. The lowest BCUT2D eigenvalue weighted by Crippen LogP contribution is -2.43. The number of ether oxygens (including phenoxy) is 1. The summed E-state index contributed by atoms with van der Waals surface area (Å²) in [6.07, 6.45) is 5.62. The van der Waals surface area contributed by atoms with Crippen LogP contribution in [0.3, 0.4) is 0 Å². The first-order chi connectivity index (χ1) is 14.6. The van der Waals surface area contributed by atoms with Crippen LogP contribution in [-0.2, 0) is 14.3 Å². The van der Waals surface area contributed by atoms with Crippen molar-refractivity contribution in [2.24, 2.45) is 23.7 Å². The van der Waals surface area contributed by atoms with Gasteiger partial charge in [0, 0.05) is 12.3 Å². The predicted octanol–water partition coefficient (Wildman–Crippen LogP) is 2.83. The van der Waals surface area contributed by atoms with Crippen molar-refractivity contribution in [2.45, 2.75) is 90.1 Å². The number of allylic oxidation sites excluding steroid dienone is 2. The quantitative estimate of drug-likeness (QED) is 0.366. The van der Waals surface area contributed by atoms with Gasteiger partial charge >= 0.3 is 11.9 Å². The van der Waals surface area contributed by atoms with E-state index in [0.717, 1.165) is 18.4 Å². The van der Waals surface area contributed by atoms with Crippen LogP contribution in [0.15, 0.2) is 23.8 Å². The molecule has 0 aliphatic heterocycles. The number of hydrogen-bond acceptors (Lipinski definition) is 6. The molecule has 7 heteroatoms. The molecule has 2 rings (SSSR count). The number of aliphatic hydroxyl groups is 3. The summed E-state index contributed by atoms with van der Waals surface area (Å²) in [6.45, 7) is 5.98. The van der Waals surface area contributed by atoms with Crippen LogP contribution in [0.2, 0.25) is 0 Å². The third-order valence-electron chi connectivity index (χ3n) is 6.55. The zero-order valence-electron chi connectivity index (χ0n) is 18.8. The fraction of sp³-hybridized carbons (Fsp3) is 0.750. The van der Waals surface area contributed by atoms with Crippen molar-refractivity contribution in [3.8, 4) is 0 Å². The Balaban J connectivity index is 2.09. The fourth-order valence-corrected chi connectivity index (χ4v) is 4.90. The Bertz CT molecular complexity index is 671. The molecule has 0 saturated carbocycles. The van der Waals surface area contributed by atoms with Crippen LogP contribution >= 0.6 is 0 Å². The van der Waals surface area contributed by atoms with Gasteiger partial charge in [0.05, 0.1) is 30.7 Å². The number of aliphatic hydroxyl groups excluding tert-OH is 3. The monoisotopic (exact) mass is 438 g/mol. The molecule has 2 aliphatic carbocycles. The summed E-state index contributed by atoms with van der Waals surface area (Å²) in [7, 11) is 0. The van der Waals surface area contributed by atoms with E-state index in [-0.39, 0.29) is 42.5 Å². The van der Waals surface area contributed by atoms with Gasteiger partial charge in [0.25, 0.3) is 0 Å². The summed E-state index contributed by atoms with van der Waals surface area (Å²) in [5.41, 5.74) is 0.961. The molecule has 0 spiro atoms. The number of hydrogen-bond donors (Lipinski definition) is 4. The molecule has 0 radical (unpaired) electrons. The highest BCUT2D eigenvalue weighted by Gasteiger charge is 2.42. The van der Waals surface area contributed by atoms with E-state index in [1.807, 2.05) is 26.0 Å². The predicted molar refractivity (Wildman–Crippen MR) is 116 cm³/mol. The molecular weight excluding hydrogens is 400 g/mol. The zero-order valence-corrected chi connectivity index (χ0v) is 18.8. The average Bonchev–Trinajstić information content (AvgIpc) is 2.66. The highest BCUT2D eigenvalue weighted by molar-refractivity contribution is 5.72. The van der Waals surface area contributed by atoms with Gasteiger partial charge in [0.15, 0.2) is 0 Å². The number of carboxylic acids is 1. The lowest BCUT2D eigenvalue weighted by molar-refractivity contribution is -0.159. The molecule has 0 fully saturated rings. The normalized spacial score (nSPS) is 30.6. The number of rotatable bonds is 11. The Morgan fingerprint density at radius 2 is 1.94 bits per heavy atom. The number of esters is 1. The van der Waals surface area contributed by atoms with E-state index < -0.39 is 30.4 Å². The van der Waals surface area contributed by atoms with Gasteiger partial charge in [-0.05, 0) is 43.1 Å². The number of carbonyl (C=O) groups is 2. The Labute approximate surface area is 184 Å². The lowest BCUT2D eigenvalue weighted by Gasteiger charge is -2.43. The van der Waals surface area contributed by atoms with E-state index in [9.17, 15) is 24.9 Å². The summed E-state index contributed by atoms with van der Waals surface area (Å²) < 4.78 is 5.90. The first-order valence-electron chi connectivity index (χ1n) is 11.5. The largest absolute Gasteiger partial charge is 0.481 e. The second-order valence-electron chi connectivity index (χ2n) is 9.26. The third kappa shape index (κ3) is 7.44. The minimum atomic E-state index is -1.09. The molecule has 8 atom stereocenters. The molecule has 0 aromatic carbocycles. The van der Waals surface area contributed by atoms with Crippen molar-refractivity contribution in [3.63, 3.8) is 0 Å². The molecule has 31 heavy (non-hydrogen) atoms. The van der Waals surface area contributed by atoms with Gasteiger partial charge in [0.1, 0.15) is 6.10 Å². The van der Waals surface area contributed by atoms with Crippen molar-refractivity contribution in [3.05, 3.63) is 23.8 Å². The summed E-state index contributed by atoms with van der Waals surface area (Å²) in [5, 5.41) is 39.2. The van der Waals surface area contributed by atoms with E-state index in [2.05, 4.69) is 13.0 Å². The van der Waals surface area contributed by atoms with Gasteiger partial charge in [-0.15, -0.1) is 0 Å². The molecular formula is C24H38O7. The smallest absolute Gasteiger partial charge is 0.308 e. The Kier molecular flexibility index (Phi) is 9.72. The summed E-state index contributed by atoms with van der Waals surface area (Å²) in [4.78, 5) is 23.3. The van der Waals surface area contributed by atoms with Crippen molar-refractivity contribution < 1.29 is 34.8 Å². The molecule has 0 aromatic rings. The second kappa shape index (κ2) is 11.8. The minimum Gasteiger partial charge on any atom is -0.481 e. The minimum absolute atomic E-state index is 0.0161. The molecule has 4 N–H and O–H groups in total. The average molecular weight is 439 g/mol. The van der Waals surface area contributed by atoms with Crippen LogP contribution < -0.4 is 0 Å². The summed E-state index contributed by atoms with van der Waals surface area (Å²) in [6, 6.07) is 0. The first kappa shape index (κ1) is 25.6. The van der Waals surface area contributed by atoms with E-state index >= 15 is 0 Å². The molecule has 7 nitrogen and oxygen atoms in total. The number of aliphatic carboxylic acids is 1. The molecule has 176 valence electrons. The third-order valence-corrected chi connectivity index (χ3v) is 6.55. The Hall–Kier alpha value is -1.70. The molecule has 2 aliphatic rings. The Morgan fingerprint density at radius 1 is 1.23 bits per heavy atom. The maximum Gasteiger partial charge on any atom is 0.308 e. The molecule has 0 heterocycles. The standard InChI is InChI=1S/C24H38O7/c1-4-5-15(3)24(30)31-21-12-18(26)10-16-7-6-14(2)20(23(16)21)9-8-17(25)11-19(27)13-22(28)29/h6-7,10,14-15,17-21,23,25-27H,4-5,8-9,11-13H2,1-3H3,(H,28,29)/t14-,15-,17-,18+,19+,20-,21-,23-/m0/s1. The van der Waals surface area contributed by atoms with Crippen molar-refractivity contribution >= 4 is 11.9 Å². The van der Waals surface area contributed by atoms with Crippen LogP contribution in [0.1, 0.15) is 65.7 Å². The Morgan fingerprint density at radius 3 is 2.58 bits per heavy atom. The van der Waals surface area contributed by atoms with Gasteiger partial charge in [0.2, 0.25) is 0 Å². The number of fused-ring (bicyclic) bond motifs is 1. The van der Waals surface area contributed by atoms with Crippen LogP contribution in [0, 0.1) is 23.7 Å². The van der Waals surface area contributed by atoms with Gasteiger partial charge in [-0.2, -0.15) is 0 Å². The van der Waals surface area contributed by atoms with E-state index in [4.69, 9.17) is 9.84 Å². The molecule has 0 amide bonds. The summed E-state index contributed by atoms with van der Waals surface area (Å²) in [5.74, 6) is -1.28. The molecule has 0 unspecified atom stereocenters. The van der Waals surface area contributed by atoms with E-state index in [0.29, 0.717) is 19.3 Å². The second-order valence-corrected chi connectivity index (χ2v) is 9.26. The fourth-order valence-electron chi connectivity index (χ4n) is 4.90. The summed E-state index contributed by atoms with van der Waals surface area (Å²) >= 11 is 0. The van der Waals surface area contributed by atoms with Crippen molar-refractivity contribution in [1.29, 1.82) is 0 Å². The van der Waals surface area contributed by atoms with E-state index in [1.54, 1.807) is 0 Å². The molecule has 0 bridgehead atoms. The van der Waals surface area contributed by atoms with Gasteiger partial charge in [-0.3, -0.25) is 9.59 Å². The van der Waals surface area contributed by atoms with Crippen LogP contribution in [0.4, 0.5) is 0 Å². The van der Waals surface area contributed by atoms with Gasteiger partial charge < -0.3 is 25.2 Å². The lowest BCUT2D eigenvalue weighted by atomic mass is 9.66. The van der Waals surface area contributed by atoms with Crippen LogP contribution in [0.5, 0.6) is 0 Å². The molecule has 0 saturated heterocycles. The van der Waals surface area contributed by atoms with Gasteiger partial charge in [-0.25, -0.2) is 0 Å².